The Morgan fingerprint density at radius 1 is 1.00 bits per heavy atom. The van der Waals surface area contributed by atoms with Gasteiger partial charge in [0.2, 0.25) is 11.8 Å². The number of nitrogens with one attached hydrogen (secondary N) is 1. The van der Waals surface area contributed by atoms with Crippen LogP contribution in [0.3, 0.4) is 0 Å². The van der Waals surface area contributed by atoms with Gasteiger partial charge in [-0.1, -0.05) is 62.4 Å². The van der Waals surface area contributed by atoms with Gasteiger partial charge >= 0.3 is 0 Å². The molecule has 184 valence electrons. The first-order chi connectivity index (χ1) is 16.8. The number of likely N-dealkylation sites (N-methyl/N-ethyl adjacent to an activating group) is 1. The fourth-order valence-electron chi connectivity index (χ4n) is 8.92. The Hall–Kier alpha value is -2.62. The molecular formula is C31H38N2O2. The van der Waals surface area contributed by atoms with Gasteiger partial charge < -0.3 is 10.2 Å². The molecular weight excluding hydrogens is 432 g/mol. The molecule has 2 amide bonds. The molecule has 4 heteroatoms. The van der Waals surface area contributed by atoms with E-state index in [0.717, 1.165) is 32.1 Å². The molecule has 0 spiro atoms. The van der Waals surface area contributed by atoms with E-state index in [1.807, 2.05) is 18.0 Å². The van der Waals surface area contributed by atoms with Crippen molar-refractivity contribution >= 4 is 22.6 Å². The van der Waals surface area contributed by atoms with E-state index in [-0.39, 0.29) is 28.6 Å². The molecule has 6 rings (SSSR count). The second kappa shape index (κ2) is 8.21. The van der Waals surface area contributed by atoms with Crippen LogP contribution in [0.15, 0.2) is 54.6 Å². The lowest BCUT2D eigenvalue weighted by Crippen LogP contribution is -2.59. The first-order valence-corrected chi connectivity index (χ1v) is 13.5. The van der Waals surface area contributed by atoms with Gasteiger partial charge in [-0.3, -0.25) is 9.59 Å². The number of carbonyl (C=O) groups excluding carboxylic acids is 2. The van der Waals surface area contributed by atoms with Crippen LogP contribution in [0.2, 0.25) is 0 Å². The van der Waals surface area contributed by atoms with Gasteiger partial charge in [-0.2, -0.15) is 0 Å². The maximum Gasteiger partial charge on any atom is 0.246 e. The van der Waals surface area contributed by atoms with Gasteiger partial charge in [-0.05, 0) is 84.1 Å². The molecule has 0 saturated heterocycles. The quantitative estimate of drug-likeness (QED) is 0.624. The third-order valence-corrected chi connectivity index (χ3v) is 10.8. The molecule has 0 unspecified atom stereocenters. The van der Waals surface area contributed by atoms with Gasteiger partial charge in [-0.15, -0.1) is 0 Å². The van der Waals surface area contributed by atoms with Crippen LogP contribution in [0.4, 0.5) is 0 Å². The van der Waals surface area contributed by atoms with Gasteiger partial charge in [0.15, 0.2) is 0 Å². The summed E-state index contributed by atoms with van der Waals surface area (Å²) in [6.45, 7) is 5.39. The van der Waals surface area contributed by atoms with Gasteiger partial charge in [0.1, 0.15) is 0 Å². The van der Waals surface area contributed by atoms with Crippen LogP contribution in [0.5, 0.6) is 0 Å². The Bertz CT molecular complexity index is 1200. The number of rotatable bonds is 3. The molecule has 4 nitrogen and oxygen atoms in total. The number of benzene rings is 2. The lowest BCUT2D eigenvalue weighted by Gasteiger charge is -2.60. The van der Waals surface area contributed by atoms with Gasteiger partial charge in [0.05, 0.1) is 0 Å². The molecule has 0 aromatic heterocycles. The van der Waals surface area contributed by atoms with Crippen molar-refractivity contribution in [3.8, 4) is 0 Å². The van der Waals surface area contributed by atoms with Crippen molar-refractivity contribution in [3.63, 3.8) is 0 Å². The van der Waals surface area contributed by atoms with Crippen molar-refractivity contribution in [2.75, 3.05) is 7.05 Å². The molecule has 2 aromatic rings. The normalized spacial score (nSPS) is 38.1. The average Bonchev–Trinajstić information content (AvgIpc) is 3.22. The molecule has 1 aliphatic heterocycles. The lowest BCUT2D eigenvalue weighted by atomic mass is 9.47. The Morgan fingerprint density at radius 2 is 1.80 bits per heavy atom. The van der Waals surface area contributed by atoms with Crippen molar-refractivity contribution in [3.05, 3.63) is 60.2 Å². The third-order valence-electron chi connectivity index (χ3n) is 10.8. The van der Waals surface area contributed by atoms with E-state index < -0.39 is 0 Å². The van der Waals surface area contributed by atoms with Crippen LogP contribution >= 0.6 is 0 Å². The van der Waals surface area contributed by atoms with Gasteiger partial charge in [0, 0.05) is 31.0 Å². The first-order valence-electron chi connectivity index (χ1n) is 13.5. The second-order valence-corrected chi connectivity index (χ2v) is 12.1. The van der Waals surface area contributed by atoms with Crippen molar-refractivity contribution in [2.24, 2.45) is 34.5 Å². The standard InChI is InChI=1S/C31H38N2O2/c1-30-17-15-25-23(11-14-27-31(25,2)18-16-28(34)33(27)3)24(30)12-13-26(30)29(35)32-19-21-9-6-8-20-7-4-5-10-22(20)21/h4-10,16,18,23-27H,11-15,17,19H2,1-3H3,(H,32,35)/t23-,24-,25-,26+,27+,30-,31+/m0/s1. The van der Waals surface area contributed by atoms with Gasteiger partial charge in [0.25, 0.3) is 0 Å². The molecule has 3 saturated carbocycles. The van der Waals surface area contributed by atoms with Crippen molar-refractivity contribution < 1.29 is 9.59 Å². The molecule has 3 fully saturated rings. The van der Waals surface area contributed by atoms with E-state index in [1.165, 1.54) is 22.8 Å². The number of carbonyl (C=O) groups is 2. The summed E-state index contributed by atoms with van der Waals surface area (Å²) < 4.78 is 0. The zero-order chi connectivity index (χ0) is 24.4. The van der Waals surface area contributed by atoms with Crippen molar-refractivity contribution in [1.82, 2.24) is 10.2 Å². The SMILES string of the molecule is CN1C(=O)C=C[C@]2(C)[C@H]3CC[C@]4(C)[C@@H](C(=O)NCc5cccc6ccccc56)CC[C@H]4[C@@H]3CC[C@@H]12. The van der Waals surface area contributed by atoms with E-state index in [1.54, 1.807) is 0 Å². The molecule has 0 bridgehead atoms. The second-order valence-electron chi connectivity index (χ2n) is 12.1. The lowest BCUT2D eigenvalue weighted by molar-refractivity contribution is -0.142. The first kappa shape index (κ1) is 22.8. The molecule has 1 N–H and O–H groups in total. The zero-order valence-electron chi connectivity index (χ0n) is 21.3. The summed E-state index contributed by atoms with van der Waals surface area (Å²) in [6, 6.07) is 15.1. The zero-order valence-corrected chi connectivity index (χ0v) is 21.3. The number of hydrogen-bond donors (Lipinski definition) is 1. The number of fused-ring (bicyclic) bond motifs is 6. The molecule has 7 atom stereocenters. The summed E-state index contributed by atoms with van der Waals surface area (Å²) >= 11 is 0. The summed E-state index contributed by atoms with van der Waals surface area (Å²) in [4.78, 5) is 27.9. The highest BCUT2D eigenvalue weighted by molar-refractivity contribution is 5.89. The highest BCUT2D eigenvalue weighted by Crippen LogP contribution is 2.65. The minimum Gasteiger partial charge on any atom is -0.352 e. The van der Waals surface area contributed by atoms with Crippen molar-refractivity contribution in [1.29, 1.82) is 0 Å². The van der Waals surface area contributed by atoms with Crippen LogP contribution < -0.4 is 5.32 Å². The van der Waals surface area contributed by atoms with E-state index in [2.05, 4.69) is 67.7 Å². The highest BCUT2D eigenvalue weighted by Gasteiger charge is 2.61. The number of amides is 2. The summed E-state index contributed by atoms with van der Waals surface area (Å²) in [7, 11) is 1.98. The maximum atomic E-state index is 13.6. The predicted octanol–water partition coefficient (Wildman–Crippen LogP) is 5.71. The van der Waals surface area contributed by atoms with Crippen molar-refractivity contribution in [2.45, 2.75) is 65.0 Å². The Kier molecular flexibility index (Phi) is 5.36. The van der Waals surface area contributed by atoms with E-state index >= 15 is 0 Å². The summed E-state index contributed by atoms with van der Waals surface area (Å²) in [6.07, 6.45) is 10.7. The monoisotopic (exact) mass is 470 g/mol. The topological polar surface area (TPSA) is 49.4 Å². The predicted molar refractivity (Wildman–Crippen MR) is 139 cm³/mol. The average molecular weight is 471 g/mol. The molecule has 3 aliphatic carbocycles. The minimum absolute atomic E-state index is 0.0572. The number of hydrogen-bond acceptors (Lipinski definition) is 2. The molecule has 2 aromatic carbocycles. The summed E-state index contributed by atoms with van der Waals surface area (Å²) in [5.41, 5.74) is 1.32. The Balaban J connectivity index is 1.19. The van der Waals surface area contributed by atoms with Crippen LogP contribution in [-0.2, 0) is 16.1 Å². The summed E-state index contributed by atoms with van der Waals surface area (Å²) in [5.74, 6) is 2.34. The molecule has 35 heavy (non-hydrogen) atoms. The van der Waals surface area contributed by atoms with Crippen LogP contribution in [0.25, 0.3) is 10.8 Å². The number of nitrogens with zero attached hydrogens (tertiary/aromatic N) is 1. The van der Waals surface area contributed by atoms with Crippen LogP contribution in [-0.4, -0.2) is 29.8 Å². The Morgan fingerprint density at radius 3 is 2.66 bits per heavy atom. The highest BCUT2D eigenvalue weighted by atomic mass is 16.2. The summed E-state index contributed by atoms with van der Waals surface area (Å²) in [5, 5.41) is 5.78. The van der Waals surface area contributed by atoms with Gasteiger partial charge in [-0.25, -0.2) is 0 Å². The smallest absolute Gasteiger partial charge is 0.246 e. The molecule has 4 aliphatic rings. The molecule has 1 heterocycles. The fourth-order valence-corrected chi connectivity index (χ4v) is 8.92. The van der Waals surface area contributed by atoms with Crippen LogP contribution in [0.1, 0.15) is 57.9 Å². The fraction of sp³-hybridized carbons (Fsp3) is 0.548. The van der Waals surface area contributed by atoms with Crippen LogP contribution in [0, 0.1) is 34.5 Å². The van der Waals surface area contributed by atoms with E-state index in [0.29, 0.717) is 30.3 Å². The Labute approximate surface area is 209 Å². The minimum atomic E-state index is 0.0572. The maximum absolute atomic E-state index is 13.6. The third kappa shape index (κ3) is 3.39. The largest absolute Gasteiger partial charge is 0.352 e. The van der Waals surface area contributed by atoms with E-state index in [9.17, 15) is 9.59 Å². The van der Waals surface area contributed by atoms with E-state index in [4.69, 9.17) is 0 Å². The molecule has 0 radical (unpaired) electrons.